The standard InChI is InChI=1S/C17H25N3O2/c1-2-9-20-15-6-4-3-5-13(15)12-14(17(20)22)16(21)19-10-7-18-8-11-19/h12,18H,2-11H2,1H3. The maximum absolute atomic E-state index is 12.8. The molecule has 0 radical (unpaired) electrons. The number of fused-ring (bicyclic) bond motifs is 1. The molecular formula is C17H25N3O2. The number of hydrogen-bond donors (Lipinski definition) is 1. The minimum absolute atomic E-state index is 0.0916. The van der Waals surface area contributed by atoms with Gasteiger partial charge in [-0.15, -0.1) is 0 Å². The molecule has 2 aliphatic rings. The highest BCUT2D eigenvalue weighted by atomic mass is 16.2. The minimum atomic E-state index is -0.0928. The lowest BCUT2D eigenvalue weighted by Crippen LogP contribution is -2.48. The first-order valence-corrected chi connectivity index (χ1v) is 8.48. The first-order valence-electron chi connectivity index (χ1n) is 8.48. The second kappa shape index (κ2) is 6.65. The van der Waals surface area contributed by atoms with Crippen LogP contribution in [0.1, 0.15) is 47.8 Å². The van der Waals surface area contributed by atoms with Crippen molar-refractivity contribution in [3.8, 4) is 0 Å². The van der Waals surface area contributed by atoms with Gasteiger partial charge < -0.3 is 14.8 Å². The summed E-state index contributed by atoms with van der Waals surface area (Å²) in [6, 6.07) is 1.88. The van der Waals surface area contributed by atoms with Crippen LogP contribution in [0.15, 0.2) is 10.9 Å². The number of piperazine rings is 1. The van der Waals surface area contributed by atoms with Crippen molar-refractivity contribution >= 4 is 5.91 Å². The van der Waals surface area contributed by atoms with E-state index in [1.165, 1.54) is 5.56 Å². The normalized spacial score (nSPS) is 18.1. The van der Waals surface area contributed by atoms with E-state index in [1.807, 2.05) is 10.6 Å². The Morgan fingerprint density at radius 1 is 1.23 bits per heavy atom. The first-order chi connectivity index (χ1) is 10.7. The lowest BCUT2D eigenvalue weighted by atomic mass is 9.94. The molecule has 2 heterocycles. The van der Waals surface area contributed by atoms with Gasteiger partial charge in [-0.3, -0.25) is 9.59 Å². The summed E-state index contributed by atoms with van der Waals surface area (Å²) in [4.78, 5) is 27.4. The number of pyridine rings is 1. The summed E-state index contributed by atoms with van der Waals surface area (Å²) in [5.74, 6) is -0.0928. The van der Waals surface area contributed by atoms with Crippen LogP contribution in [0.4, 0.5) is 0 Å². The fourth-order valence-corrected chi connectivity index (χ4v) is 3.53. The zero-order valence-corrected chi connectivity index (χ0v) is 13.4. The Kier molecular flexibility index (Phi) is 4.62. The number of aromatic nitrogens is 1. The van der Waals surface area contributed by atoms with Gasteiger partial charge in [0.25, 0.3) is 11.5 Å². The third-order valence-corrected chi connectivity index (χ3v) is 4.68. The lowest BCUT2D eigenvalue weighted by molar-refractivity contribution is 0.0733. The van der Waals surface area contributed by atoms with Gasteiger partial charge in [0, 0.05) is 38.4 Å². The van der Waals surface area contributed by atoms with Gasteiger partial charge in [-0.1, -0.05) is 6.92 Å². The van der Waals surface area contributed by atoms with Gasteiger partial charge in [0.1, 0.15) is 5.56 Å². The van der Waals surface area contributed by atoms with Crippen LogP contribution in [0.3, 0.4) is 0 Å². The van der Waals surface area contributed by atoms with E-state index in [9.17, 15) is 9.59 Å². The lowest BCUT2D eigenvalue weighted by Gasteiger charge is -2.28. The number of nitrogens with one attached hydrogen (secondary N) is 1. The molecule has 1 saturated heterocycles. The van der Waals surface area contributed by atoms with Gasteiger partial charge in [-0.2, -0.15) is 0 Å². The van der Waals surface area contributed by atoms with Crippen molar-refractivity contribution in [3.63, 3.8) is 0 Å². The Labute approximate surface area is 131 Å². The van der Waals surface area contributed by atoms with E-state index in [4.69, 9.17) is 0 Å². The molecule has 120 valence electrons. The van der Waals surface area contributed by atoms with Crippen molar-refractivity contribution in [1.29, 1.82) is 0 Å². The minimum Gasteiger partial charge on any atom is -0.336 e. The summed E-state index contributed by atoms with van der Waals surface area (Å²) in [5, 5.41) is 3.24. The van der Waals surface area contributed by atoms with Crippen LogP contribution in [-0.4, -0.2) is 41.6 Å². The molecule has 5 nitrogen and oxygen atoms in total. The summed E-state index contributed by atoms with van der Waals surface area (Å²) >= 11 is 0. The zero-order valence-electron chi connectivity index (χ0n) is 13.4. The van der Waals surface area contributed by atoms with E-state index < -0.39 is 0 Å². The average Bonchev–Trinajstić information content (AvgIpc) is 2.57. The molecular weight excluding hydrogens is 278 g/mol. The smallest absolute Gasteiger partial charge is 0.263 e. The predicted molar refractivity (Wildman–Crippen MR) is 86.4 cm³/mol. The second-order valence-electron chi connectivity index (χ2n) is 6.24. The molecule has 0 atom stereocenters. The Hall–Kier alpha value is -1.62. The largest absolute Gasteiger partial charge is 0.336 e. The average molecular weight is 303 g/mol. The van der Waals surface area contributed by atoms with E-state index in [2.05, 4.69) is 12.2 Å². The number of nitrogens with zero attached hydrogens (tertiary/aromatic N) is 2. The molecule has 0 unspecified atom stereocenters. The van der Waals surface area contributed by atoms with Crippen molar-refractivity contribution in [3.05, 3.63) is 33.2 Å². The van der Waals surface area contributed by atoms with Crippen LogP contribution in [-0.2, 0) is 19.4 Å². The first kappa shape index (κ1) is 15.3. The summed E-state index contributed by atoms with van der Waals surface area (Å²) in [6.07, 6.45) is 5.16. The fraction of sp³-hybridized carbons (Fsp3) is 0.647. The molecule has 0 spiro atoms. The van der Waals surface area contributed by atoms with Crippen molar-refractivity contribution in [2.45, 2.75) is 45.6 Å². The Balaban J connectivity index is 2.01. The summed E-state index contributed by atoms with van der Waals surface area (Å²) in [5.41, 5.74) is 2.65. The summed E-state index contributed by atoms with van der Waals surface area (Å²) in [7, 11) is 0. The van der Waals surface area contributed by atoms with Gasteiger partial charge in [0.05, 0.1) is 0 Å². The number of hydrogen-bond acceptors (Lipinski definition) is 3. The Bertz CT molecular complexity index is 615. The molecule has 1 aromatic rings. The number of carbonyl (C=O) groups is 1. The van der Waals surface area contributed by atoms with Crippen molar-refractivity contribution in [2.75, 3.05) is 26.2 Å². The SMILES string of the molecule is CCCn1c2c(cc(C(=O)N3CCNCC3)c1=O)CCCC2. The quantitative estimate of drug-likeness (QED) is 0.912. The molecule has 0 saturated carbocycles. The molecule has 1 aliphatic carbocycles. The maximum Gasteiger partial charge on any atom is 0.263 e. The summed E-state index contributed by atoms with van der Waals surface area (Å²) in [6.45, 7) is 5.77. The maximum atomic E-state index is 12.8. The van der Waals surface area contributed by atoms with Crippen molar-refractivity contribution in [1.82, 2.24) is 14.8 Å². The van der Waals surface area contributed by atoms with E-state index in [0.717, 1.165) is 50.9 Å². The molecule has 0 bridgehead atoms. The zero-order chi connectivity index (χ0) is 15.5. The van der Waals surface area contributed by atoms with E-state index in [-0.39, 0.29) is 11.5 Å². The topological polar surface area (TPSA) is 54.3 Å². The second-order valence-corrected chi connectivity index (χ2v) is 6.24. The summed E-state index contributed by atoms with van der Waals surface area (Å²) < 4.78 is 1.87. The number of carbonyl (C=O) groups excluding carboxylic acids is 1. The highest BCUT2D eigenvalue weighted by Crippen LogP contribution is 2.21. The van der Waals surface area contributed by atoms with Gasteiger partial charge >= 0.3 is 0 Å². The van der Waals surface area contributed by atoms with Crippen LogP contribution >= 0.6 is 0 Å². The molecule has 22 heavy (non-hydrogen) atoms. The fourth-order valence-electron chi connectivity index (χ4n) is 3.53. The Morgan fingerprint density at radius 2 is 1.95 bits per heavy atom. The molecule has 1 amide bonds. The molecule has 1 fully saturated rings. The molecule has 3 rings (SSSR count). The Morgan fingerprint density at radius 3 is 2.68 bits per heavy atom. The molecule has 5 heteroatoms. The number of rotatable bonds is 3. The van der Waals surface area contributed by atoms with Gasteiger partial charge in [-0.05, 0) is 43.7 Å². The van der Waals surface area contributed by atoms with Crippen molar-refractivity contribution in [2.24, 2.45) is 0 Å². The van der Waals surface area contributed by atoms with Crippen molar-refractivity contribution < 1.29 is 4.79 Å². The third-order valence-electron chi connectivity index (χ3n) is 4.68. The molecule has 0 aromatic carbocycles. The monoisotopic (exact) mass is 303 g/mol. The van der Waals surface area contributed by atoms with Crippen LogP contribution in [0.5, 0.6) is 0 Å². The van der Waals surface area contributed by atoms with Crippen LogP contribution in [0, 0.1) is 0 Å². The number of amides is 1. The third kappa shape index (κ3) is 2.82. The van der Waals surface area contributed by atoms with Gasteiger partial charge in [0.15, 0.2) is 0 Å². The van der Waals surface area contributed by atoms with Gasteiger partial charge in [0.2, 0.25) is 0 Å². The van der Waals surface area contributed by atoms with Crippen LogP contribution in [0.2, 0.25) is 0 Å². The van der Waals surface area contributed by atoms with E-state index >= 15 is 0 Å². The number of aryl methyl sites for hydroxylation is 1. The highest BCUT2D eigenvalue weighted by molar-refractivity contribution is 5.94. The molecule has 1 N–H and O–H groups in total. The molecule has 1 aliphatic heterocycles. The molecule has 1 aromatic heterocycles. The van der Waals surface area contributed by atoms with E-state index in [1.54, 1.807) is 4.90 Å². The predicted octanol–water partition coefficient (Wildman–Crippen LogP) is 1.18. The highest BCUT2D eigenvalue weighted by Gasteiger charge is 2.25. The van der Waals surface area contributed by atoms with E-state index in [0.29, 0.717) is 25.2 Å². The van der Waals surface area contributed by atoms with Crippen LogP contribution in [0.25, 0.3) is 0 Å². The van der Waals surface area contributed by atoms with Gasteiger partial charge in [-0.25, -0.2) is 0 Å². The van der Waals surface area contributed by atoms with Crippen LogP contribution < -0.4 is 10.9 Å².